The monoisotopic (exact) mass is 117 g/mol. The number of nitrogens with two attached hydrogens (primary N) is 1. The van der Waals surface area contributed by atoms with Crippen molar-refractivity contribution in [3.8, 4) is 0 Å². The molecular formula is C5H11NO2. The van der Waals surface area contributed by atoms with Crippen molar-refractivity contribution < 1.29 is 9.90 Å². The lowest BCUT2D eigenvalue weighted by molar-refractivity contribution is 0.203. The number of hydrogen-bond donors (Lipinski definition) is 2. The quantitative estimate of drug-likeness (QED) is 0.448. The minimum absolute atomic E-state index is 0.338. The molecule has 3 heteroatoms. The summed E-state index contributed by atoms with van der Waals surface area (Å²) in [5.41, 5.74) is 4.92. The summed E-state index contributed by atoms with van der Waals surface area (Å²) in [6.07, 6.45) is -0.338. The molecule has 0 amide bonds. The zero-order valence-corrected chi connectivity index (χ0v) is 4.92. The Labute approximate surface area is 48.8 Å². The summed E-state index contributed by atoms with van der Waals surface area (Å²) in [6, 6.07) is 0. The van der Waals surface area contributed by atoms with Crippen LogP contribution in [0, 0.1) is 0 Å². The van der Waals surface area contributed by atoms with Crippen LogP contribution in [0.15, 0.2) is 6.58 Å². The fourth-order valence-corrected chi connectivity index (χ4v) is 0. The van der Waals surface area contributed by atoms with Gasteiger partial charge in [-0.1, -0.05) is 0 Å². The predicted molar refractivity (Wildman–Crippen MR) is 32.1 cm³/mol. The van der Waals surface area contributed by atoms with Crippen LogP contribution in [0.3, 0.4) is 0 Å². The summed E-state index contributed by atoms with van der Waals surface area (Å²) in [5, 5.41) is 8.24. The van der Waals surface area contributed by atoms with Crippen LogP contribution in [0.4, 0.5) is 0 Å². The average Bonchev–Trinajstić information content (AvgIpc) is 1.69. The topological polar surface area (TPSA) is 63.3 Å². The van der Waals surface area contributed by atoms with Crippen LogP contribution in [0.25, 0.3) is 0 Å². The minimum Gasteiger partial charge on any atom is -0.392 e. The maximum absolute atomic E-state index is 8.57. The molecule has 0 aromatic heterocycles. The van der Waals surface area contributed by atoms with Gasteiger partial charge in [-0.05, 0) is 13.5 Å². The Morgan fingerprint density at radius 2 is 2.12 bits per heavy atom. The van der Waals surface area contributed by atoms with Gasteiger partial charge in [0.05, 0.1) is 6.10 Å². The van der Waals surface area contributed by atoms with Crippen molar-refractivity contribution >= 4 is 5.94 Å². The van der Waals surface area contributed by atoms with Crippen LogP contribution in [0.2, 0.25) is 0 Å². The summed E-state index contributed by atoms with van der Waals surface area (Å²) in [6.45, 7) is 4.69. The lowest BCUT2D eigenvalue weighted by Gasteiger charge is -1.91. The number of hydrogen-bond acceptors (Lipinski definition) is 3. The summed E-state index contributed by atoms with van der Waals surface area (Å²) in [5.74, 6) is 1.25. The van der Waals surface area contributed by atoms with Crippen molar-refractivity contribution in [2.75, 3.05) is 6.54 Å². The second kappa shape index (κ2) is 9.62. The van der Waals surface area contributed by atoms with Crippen LogP contribution >= 0.6 is 0 Å². The normalized spacial score (nSPS) is 10.4. The molecule has 0 aliphatic carbocycles. The highest BCUT2D eigenvalue weighted by Crippen LogP contribution is 1.65. The Balaban J connectivity index is 0. The fraction of sp³-hybridized carbons (Fsp3) is 0.600. The first-order chi connectivity index (χ1) is 3.68. The molecule has 0 saturated heterocycles. The van der Waals surface area contributed by atoms with Crippen molar-refractivity contribution in [1.82, 2.24) is 0 Å². The van der Waals surface area contributed by atoms with Crippen molar-refractivity contribution in [3.05, 3.63) is 6.58 Å². The molecule has 3 nitrogen and oxygen atoms in total. The summed E-state index contributed by atoms with van der Waals surface area (Å²) in [7, 11) is 0. The Bertz CT molecular complexity index is 64.8. The molecular weight excluding hydrogens is 106 g/mol. The number of carbonyl (C=O) groups excluding carboxylic acids is 1. The van der Waals surface area contributed by atoms with Crippen molar-refractivity contribution in [2.24, 2.45) is 5.73 Å². The van der Waals surface area contributed by atoms with E-state index in [2.05, 4.69) is 6.58 Å². The predicted octanol–water partition coefficient (Wildman–Crippen LogP) is -0.670. The van der Waals surface area contributed by atoms with Gasteiger partial charge in [0.2, 0.25) is 0 Å². The van der Waals surface area contributed by atoms with Gasteiger partial charge in [-0.2, -0.15) is 0 Å². The van der Waals surface area contributed by atoms with Crippen LogP contribution in [-0.4, -0.2) is 23.7 Å². The van der Waals surface area contributed by atoms with Gasteiger partial charge in [0.25, 0.3) is 0 Å². The Hall–Kier alpha value is -0.630. The first kappa shape index (κ1) is 10.4. The average molecular weight is 117 g/mol. The van der Waals surface area contributed by atoms with Gasteiger partial charge in [0.1, 0.15) is 5.94 Å². The van der Waals surface area contributed by atoms with Gasteiger partial charge in [0.15, 0.2) is 0 Å². The molecule has 1 atom stereocenters. The molecule has 0 aliphatic heterocycles. The molecule has 48 valence electrons. The maximum atomic E-state index is 8.57. The smallest absolute Gasteiger partial charge is 0.116 e. The summed E-state index contributed by atoms with van der Waals surface area (Å²) in [4.78, 5) is 8.57. The van der Waals surface area contributed by atoms with E-state index in [1.54, 1.807) is 6.92 Å². The molecule has 0 heterocycles. The highest BCUT2D eigenvalue weighted by atomic mass is 16.3. The Kier molecular flexibility index (Phi) is 12.5. The van der Waals surface area contributed by atoms with Gasteiger partial charge < -0.3 is 10.8 Å². The Morgan fingerprint density at radius 1 is 2.00 bits per heavy atom. The third-order valence-corrected chi connectivity index (χ3v) is 0.341. The third kappa shape index (κ3) is 54.6. The van der Waals surface area contributed by atoms with E-state index in [1.807, 2.05) is 0 Å². The molecule has 3 N–H and O–H groups in total. The van der Waals surface area contributed by atoms with Crippen molar-refractivity contribution in [2.45, 2.75) is 13.0 Å². The first-order valence-electron chi connectivity index (χ1n) is 2.21. The number of rotatable bonds is 1. The van der Waals surface area contributed by atoms with Gasteiger partial charge >= 0.3 is 0 Å². The number of aliphatic hydroxyl groups excluding tert-OH is 1. The second-order valence-electron chi connectivity index (χ2n) is 1.23. The molecule has 0 radical (unpaired) electrons. The molecule has 0 aliphatic rings. The Morgan fingerprint density at radius 3 is 2.12 bits per heavy atom. The zero-order chi connectivity index (χ0) is 6.99. The van der Waals surface area contributed by atoms with E-state index >= 15 is 0 Å². The molecule has 0 aromatic rings. The van der Waals surface area contributed by atoms with Crippen LogP contribution in [-0.2, 0) is 4.79 Å². The first-order valence-corrected chi connectivity index (χ1v) is 2.21. The second-order valence-corrected chi connectivity index (χ2v) is 1.23. The fourth-order valence-electron chi connectivity index (χ4n) is 0. The highest BCUT2D eigenvalue weighted by Gasteiger charge is 1.81. The standard InChI is InChI=1S/C3H9NO.C2H2O/c1-3(5)2-4;1-2-3/h3,5H,2,4H2,1H3;1H2. The molecule has 8 heavy (non-hydrogen) atoms. The van der Waals surface area contributed by atoms with E-state index in [0.717, 1.165) is 0 Å². The van der Waals surface area contributed by atoms with Crippen LogP contribution < -0.4 is 5.73 Å². The van der Waals surface area contributed by atoms with Crippen LogP contribution in [0.5, 0.6) is 0 Å². The van der Waals surface area contributed by atoms with Crippen molar-refractivity contribution in [1.29, 1.82) is 0 Å². The third-order valence-electron chi connectivity index (χ3n) is 0.341. The van der Waals surface area contributed by atoms with E-state index in [-0.39, 0.29) is 6.10 Å². The van der Waals surface area contributed by atoms with Crippen molar-refractivity contribution in [3.63, 3.8) is 0 Å². The van der Waals surface area contributed by atoms with E-state index in [1.165, 1.54) is 5.94 Å². The van der Waals surface area contributed by atoms with Gasteiger partial charge in [-0.3, -0.25) is 0 Å². The largest absolute Gasteiger partial charge is 0.392 e. The molecule has 0 bridgehead atoms. The van der Waals surface area contributed by atoms with E-state index in [9.17, 15) is 0 Å². The molecule has 0 aromatic carbocycles. The van der Waals surface area contributed by atoms with Gasteiger partial charge in [-0.25, -0.2) is 4.79 Å². The lowest BCUT2D eigenvalue weighted by Crippen LogP contribution is -2.14. The molecule has 0 saturated carbocycles. The highest BCUT2D eigenvalue weighted by molar-refractivity contribution is 5.38. The SMILES string of the molecule is C=C=O.CC(O)CN. The van der Waals surface area contributed by atoms with Gasteiger partial charge in [0, 0.05) is 6.54 Å². The minimum atomic E-state index is -0.338. The lowest BCUT2D eigenvalue weighted by atomic mass is 10.4. The number of aliphatic hydroxyl groups is 1. The molecule has 0 rings (SSSR count). The van der Waals surface area contributed by atoms with Crippen LogP contribution in [0.1, 0.15) is 6.92 Å². The molecule has 0 fully saturated rings. The summed E-state index contributed by atoms with van der Waals surface area (Å²) < 4.78 is 0. The van der Waals surface area contributed by atoms with E-state index in [0.29, 0.717) is 6.54 Å². The molecule has 0 spiro atoms. The summed E-state index contributed by atoms with van der Waals surface area (Å²) >= 11 is 0. The van der Waals surface area contributed by atoms with E-state index < -0.39 is 0 Å². The zero-order valence-electron chi connectivity index (χ0n) is 4.92. The maximum Gasteiger partial charge on any atom is 0.116 e. The van der Waals surface area contributed by atoms with E-state index in [4.69, 9.17) is 15.6 Å². The van der Waals surface area contributed by atoms with Gasteiger partial charge in [-0.15, -0.1) is 0 Å². The molecule has 1 unspecified atom stereocenters.